The first-order valence-electron chi connectivity index (χ1n) is 7.32. The van der Waals surface area contributed by atoms with E-state index in [0.717, 1.165) is 0 Å². The average molecular weight is 307 g/mol. The Bertz CT molecular complexity index is 558. The summed E-state index contributed by atoms with van der Waals surface area (Å²) in [5, 5.41) is 2.88. The summed E-state index contributed by atoms with van der Waals surface area (Å²) in [6.45, 7) is 2.61. The van der Waals surface area contributed by atoms with Crippen LogP contribution in [0.2, 0.25) is 0 Å². The molecular weight excluding hydrogens is 289 g/mol. The maximum atomic E-state index is 12.9. The Morgan fingerprint density at radius 1 is 1.23 bits per heavy atom. The van der Waals surface area contributed by atoms with Gasteiger partial charge in [0.2, 0.25) is 5.91 Å². The van der Waals surface area contributed by atoms with Crippen LogP contribution in [0.4, 0.5) is 14.9 Å². The van der Waals surface area contributed by atoms with Crippen LogP contribution in [0, 0.1) is 5.82 Å². The van der Waals surface area contributed by atoms with Gasteiger partial charge in [-0.2, -0.15) is 0 Å². The SMILES string of the molecule is O=C(N[C@H]1CC(=O)N(c2ccc(F)cc2)C1)N1CCOCC1. The number of benzene rings is 1. The smallest absolute Gasteiger partial charge is 0.317 e. The third kappa shape index (κ3) is 3.19. The maximum Gasteiger partial charge on any atom is 0.317 e. The van der Waals surface area contributed by atoms with Crippen molar-refractivity contribution in [1.29, 1.82) is 0 Å². The Labute approximate surface area is 127 Å². The summed E-state index contributed by atoms with van der Waals surface area (Å²) in [5.41, 5.74) is 0.648. The number of nitrogens with one attached hydrogen (secondary N) is 1. The van der Waals surface area contributed by atoms with Gasteiger partial charge in [-0.25, -0.2) is 9.18 Å². The molecule has 0 radical (unpaired) electrons. The third-order valence-electron chi connectivity index (χ3n) is 3.89. The number of morpholine rings is 1. The van der Waals surface area contributed by atoms with E-state index in [1.807, 2.05) is 0 Å². The van der Waals surface area contributed by atoms with Crippen molar-refractivity contribution in [1.82, 2.24) is 10.2 Å². The van der Waals surface area contributed by atoms with Crippen LogP contribution in [-0.4, -0.2) is 55.7 Å². The first-order valence-corrected chi connectivity index (χ1v) is 7.32. The largest absolute Gasteiger partial charge is 0.378 e. The lowest BCUT2D eigenvalue weighted by Gasteiger charge is -2.28. The number of hydrogen-bond donors (Lipinski definition) is 1. The molecule has 7 heteroatoms. The number of nitrogens with zero attached hydrogens (tertiary/aromatic N) is 2. The molecule has 1 N–H and O–H groups in total. The molecule has 6 nitrogen and oxygen atoms in total. The molecule has 1 atom stereocenters. The number of ether oxygens (including phenoxy) is 1. The molecule has 1 aromatic rings. The number of hydrogen-bond acceptors (Lipinski definition) is 3. The second-order valence-corrected chi connectivity index (χ2v) is 5.43. The minimum Gasteiger partial charge on any atom is -0.378 e. The van der Waals surface area contributed by atoms with Crippen molar-refractivity contribution in [2.45, 2.75) is 12.5 Å². The number of carbonyl (C=O) groups excluding carboxylic acids is 2. The molecule has 0 aliphatic carbocycles. The fraction of sp³-hybridized carbons (Fsp3) is 0.467. The number of carbonyl (C=O) groups is 2. The summed E-state index contributed by atoms with van der Waals surface area (Å²) in [6, 6.07) is 5.39. The molecule has 2 aliphatic rings. The lowest BCUT2D eigenvalue weighted by molar-refractivity contribution is -0.117. The topological polar surface area (TPSA) is 61.9 Å². The van der Waals surface area contributed by atoms with Gasteiger partial charge in [-0.15, -0.1) is 0 Å². The molecule has 2 heterocycles. The molecule has 0 saturated carbocycles. The summed E-state index contributed by atoms with van der Waals surface area (Å²) >= 11 is 0. The fourth-order valence-corrected chi connectivity index (χ4v) is 2.71. The molecule has 0 aromatic heterocycles. The van der Waals surface area contributed by atoms with Crippen LogP contribution < -0.4 is 10.2 Å². The highest BCUT2D eigenvalue weighted by Gasteiger charge is 2.32. The Hall–Kier alpha value is -2.15. The van der Waals surface area contributed by atoms with Crippen molar-refractivity contribution in [3.8, 4) is 0 Å². The molecule has 118 valence electrons. The molecule has 0 unspecified atom stereocenters. The van der Waals surface area contributed by atoms with Gasteiger partial charge in [0.05, 0.1) is 19.3 Å². The van der Waals surface area contributed by atoms with Gasteiger partial charge in [0, 0.05) is 31.7 Å². The van der Waals surface area contributed by atoms with Crippen molar-refractivity contribution in [3.05, 3.63) is 30.1 Å². The molecule has 0 spiro atoms. The molecule has 2 fully saturated rings. The van der Waals surface area contributed by atoms with Gasteiger partial charge < -0.3 is 19.9 Å². The van der Waals surface area contributed by atoms with Crippen LogP contribution in [0.25, 0.3) is 0 Å². The van der Waals surface area contributed by atoms with Gasteiger partial charge in [0.25, 0.3) is 0 Å². The van der Waals surface area contributed by atoms with Crippen LogP contribution in [0.3, 0.4) is 0 Å². The van der Waals surface area contributed by atoms with Gasteiger partial charge >= 0.3 is 6.03 Å². The summed E-state index contributed by atoms with van der Waals surface area (Å²) < 4.78 is 18.2. The number of anilines is 1. The number of rotatable bonds is 2. The summed E-state index contributed by atoms with van der Waals surface area (Å²) in [4.78, 5) is 27.5. The Morgan fingerprint density at radius 3 is 2.59 bits per heavy atom. The van der Waals surface area contributed by atoms with Crippen LogP contribution in [0.5, 0.6) is 0 Å². The maximum absolute atomic E-state index is 12.9. The molecule has 1 aromatic carbocycles. The second-order valence-electron chi connectivity index (χ2n) is 5.43. The van der Waals surface area contributed by atoms with Crippen molar-refractivity contribution in [2.24, 2.45) is 0 Å². The van der Waals surface area contributed by atoms with Crippen LogP contribution in [0.15, 0.2) is 24.3 Å². The monoisotopic (exact) mass is 307 g/mol. The van der Waals surface area contributed by atoms with Crippen molar-refractivity contribution in [2.75, 3.05) is 37.7 Å². The zero-order valence-corrected chi connectivity index (χ0v) is 12.1. The lowest BCUT2D eigenvalue weighted by Crippen LogP contribution is -2.49. The van der Waals surface area contributed by atoms with Crippen LogP contribution in [0.1, 0.15) is 6.42 Å². The van der Waals surface area contributed by atoms with E-state index < -0.39 is 0 Å². The molecule has 0 bridgehead atoms. The average Bonchev–Trinajstić information content (AvgIpc) is 2.89. The second kappa shape index (κ2) is 6.31. The Balaban J connectivity index is 1.59. The van der Waals surface area contributed by atoms with E-state index in [0.29, 0.717) is 38.5 Å². The zero-order chi connectivity index (χ0) is 15.5. The molecule has 2 aliphatic heterocycles. The molecule has 2 saturated heterocycles. The lowest BCUT2D eigenvalue weighted by atomic mass is 10.2. The molecule has 3 rings (SSSR count). The predicted octanol–water partition coefficient (Wildman–Crippen LogP) is 0.973. The Morgan fingerprint density at radius 2 is 1.91 bits per heavy atom. The van der Waals surface area contributed by atoms with Gasteiger partial charge in [0.1, 0.15) is 5.82 Å². The quantitative estimate of drug-likeness (QED) is 0.886. The van der Waals surface area contributed by atoms with Crippen molar-refractivity contribution < 1.29 is 18.7 Å². The molecular formula is C15H18FN3O3. The van der Waals surface area contributed by atoms with E-state index in [4.69, 9.17) is 4.74 Å². The third-order valence-corrected chi connectivity index (χ3v) is 3.89. The number of amides is 3. The summed E-state index contributed by atoms with van der Waals surface area (Å²) in [7, 11) is 0. The number of halogens is 1. The summed E-state index contributed by atoms with van der Waals surface area (Å²) in [6.07, 6.45) is 0.257. The highest BCUT2D eigenvalue weighted by molar-refractivity contribution is 5.96. The van der Waals surface area contributed by atoms with Crippen molar-refractivity contribution >= 4 is 17.6 Å². The van der Waals surface area contributed by atoms with Crippen LogP contribution >= 0.6 is 0 Å². The van der Waals surface area contributed by atoms with Gasteiger partial charge in [-0.3, -0.25) is 4.79 Å². The first kappa shape index (κ1) is 14.8. The normalized spacial score (nSPS) is 22.0. The molecule has 3 amide bonds. The van der Waals surface area contributed by atoms with Gasteiger partial charge in [0.15, 0.2) is 0 Å². The van der Waals surface area contributed by atoms with E-state index in [-0.39, 0.29) is 30.2 Å². The standard InChI is InChI=1S/C15H18FN3O3/c16-11-1-3-13(4-2-11)19-10-12(9-14(19)20)17-15(21)18-5-7-22-8-6-18/h1-4,12H,5-10H2,(H,17,21)/t12-/m0/s1. The van der Waals surface area contributed by atoms with E-state index in [9.17, 15) is 14.0 Å². The minimum absolute atomic E-state index is 0.0705. The highest BCUT2D eigenvalue weighted by Crippen LogP contribution is 2.22. The summed E-state index contributed by atoms with van der Waals surface area (Å²) in [5.74, 6) is -0.411. The predicted molar refractivity (Wildman–Crippen MR) is 78.1 cm³/mol. The van der Waals surface area contributed by atoms with E-state index in [1.165, 1.54) is 12.1 Å². The highest BCUT2D eigenvalue weighted by atomic mass is 19.1. The minimum atomic E-state index is -0.340. The van der Waals surface area contributed by atoms with E-state index >= 15 is 0 Å². The van der Waals surface area contributed by atoms with E-state index in [2.05, 4.69) is 5.32 Å². The first-order chi connectivity index (χ1) is 10.6. The number of urea groups is 1. The van der Waals surface area contributed by atoms with Crippen molar-refractivity contribution in [3.63, 3.8) is 0 Å². The van der Waals surface area contributed by atoms with Crippen LogP contribution in [-0.2, 0) is 9.53 Å². The molecule has 22 heavy (non-hydrogen) atoms. The zero-order valence-electron chi connectivity index (χ0n) is 12.1. The Kier molecular flexibility index (Phi) is 4.24. The van der Waals surface area contributed by atoms with Gasteiger partial charge in [-0.05, 0) is 24.3 Å². The van der Waals surface area contributed by atoms with Gasteiger partial charge in [-0.1, -0.05) is 0 Å². The van der Waals surface area contributed by atoms with E-state index in [1.54, 1.807) is 21.9 Å². The fourth-order valence-electron chi connectivity index (χ4n) is 2.71.